The molecule has 328 valence electrons. The Morgan fingerprint density at radius 1 is 0.656 bits per heavy atom. The molecule has 4 aliphatic rings. The van der Waals surface area contributed by atoms with Gasteiger partial charge in [0.25, 0.3) is 0 Å². The lowest BCUT2D eigenvalue weighted by atomic mass is 9.79. The highest BCUT2D eigenvalue weighted by Gasteiger charge is 2.41. The highest BCUT2D eigenvalue weighted by Crippen LogP contribution is 2.46. The van der Waals surface area contributed by atoms with Crippen molar-refractivity contribution in [3.63, 3.8) is 0 Å². The van der Waals surface area contributed by atoms with Gasteiger partial charge in [-0.15, -0.1) is 6.58 Å². The van der Waals surface area contributed by atoms with Crippen LogP contribution in [-0.4, -0.2) is 88.3 Å². The number of hydrogen-bond donors (Lipinski definition) is 1. The van der Waals surface area contributed by atoms with Crippen molar-refractivity contribution >= 4 is 0 Å². The lowest BCUT2D eigenvalue weighted by Crippen LogP contribution is -2.49. The van der Waals surface area contributed by atoms with Crippen molar-refractivity contribution in [3.8, 4) is 23.0 Å². The van der Waals surface area contributed by atoms with Gasteiger partial charge in [0.15, 0.2) is 23.0 Å². The molecule has 0 radical (unpaired) electrons. The molecule has 4 aromatic carbocycles. The number of fused-ring (bicyclic) bond motifs is 6. The van der Waals surface area contributed by atoms with Gasteiger partial charge in [0.05, 0.1) is 53.9 Å². The Labute approximate surface area is 364 Å². The molecule has 9 nitrogen and oxygen atoms in total. The monoisotopic (exact) mass is 833 g/mol. The Bertz CT molecular complexity index is 2030. The van der Waals surface area contributed by atoms with Gasteiger partial charge < -0.3 is 33.5 Å². The second kappa shape index (κ2) is 21.1. The maximum atomic E-state index is 9.65. The van der Waals surface area contributed by atoms with E-state index < -0.39 is 0 Å². The van der Waals surface area contributed by atoms with E-state index in [1.807, 2.05) is 12.1 Å². The van der Waals surface area contributed by atoms with E-state index in [9.17, 15) is 5.11 Å². The van der Waals surface area contributed by atoms with Gasteiger partial charge in [0.1, 0.15) is 0 Å². The van der Waals surface area contributed by atoms with Crippen molar-refractivity contribution in [2.75, 3.05) is 61.2 Å². The Kier molecular flexibility index (Phi) is 15.5. The number of aliphatic hydroxyl groups excluding tert-OH is 1. The molecular weight excluding hydrogens is 765 g/mol. The number of hydrogen-bond acceptors (Lipinski definition) is 9. The smallest absolute Gasteiger partial charge is 0.161 e. The number of methoxy groups -OCH3 is 4. The van der Waals surface area contributed by atoms with Gasteiger partial charge in [-0.25, -0.2) is 0 Å². The number of allylic oxidation sites excluding steroid dienone is 1. The maximum absolute atomic E-state index is 9.65. The molecule has 1 N–H and O–H groups in total. The van der Waals surface area contributed by atoms with Crippen LogP contribution in [0.15, 0.2) is 97.1 Å². The summed E-state index contributed by atoms with van der Waals surface area (Å²) in [5, 5.41) is 9.65. The van der Waals surface area contributed by atoms with Crippen molar-refractivity contribution in [2.24, 2.45) is 17.8 Å². The summed E-state index contributed by atoms with van der Waals surface area (Å²) in [6.45, 7) is 14.1. The largest absolute Gasteiger partial charge is 0.493 e. The number of aliphatic hydroxyl groups is 1. The van der Waals surface area contributed by atoms with Gasteiger partial charge >= 0.3 is 0 Å². The van der Waals surface area contributed by atoms with Crippen molar-refractivity contribution < 1.29 is 33.5 Å². The molecule has 9 heteroatoms. The summed E-state index contributed by atoms with van der Waals surface area (Å²) < 4.78 is 35.3. The minimum absolute atomic E-state index is 0.162. The van der Waals surface area contributed by atoms with Crippen LogP contribution in [0, 0.1) is 17.8 Å². The van der Waals surface area contributed by atoms with E-state index >= 15 is 0 Å². The molecule has 1 unspecified atom stereocenters. The predicted octanol–water partition coefficient (Wildman–Crippen LogP) is 9.40. The Morgan fingerprint density at radius 2 is 1.08 bits per heavy atom. The molecule has 0 bridgehead atoms. The number of piperidine rings is 2. The third-order valence-corrected chi connectivity index (χ3v) is 13.4. The first-order valence-corrected chi connectivity index (χ1v) is 22.3. The molecule has 4 aliphatic heterocycles. The van der Waals surface area contributed by atoms with Crippen molar-refractivity contribution in [2.45, 2.75) is 89.9 Å². The molecule has 0 spiro atoms. The molecule has 4 aromatic rings. The van der Waals surface area contributed by atoms with E-state index in [1.165, 1.54) is 39.0 Å². The van der Waals surface area contributed by atoms with Crippen molar-refractivity contribution in [3.05, 3.63) is 130 Å². The molecule has 61 heavy (non-hydrogen) atoms. The second-order valence-electron chi connectivity index (χ2n) is 17.7. The third-order valence-electron chi connectivity index (χ3n) is 13.4. The first kappa shape index (κ1) is 44.7. The van der Waals surface area contributed by atoms with Crippen LogP contribution in [0.1, 0.15) is 85.0 Å². The van der Waals surface area contributed by atoms with Gasteiger partial charge in [0, 0.05) is 50.8 Å². The highest BCUT2D eigenvalue weighted by atomic mass is 16.5. The topological polar surface area (TPSA) is 82.1 Å². The molecule has 7 atom stereocenters. The van der Waals surface area contributed by atoms with E-state index in [1.54, 1.807) is 28.4 Å². The molecule has 0 saturated carbocycles. The molecule has 2 saturated heterocycles. The second-order valence-corrected chi connectivity index (χ2v) is 17.7. The number of rotatable bonds is 15. The lowest BCUT2D eigenvalue weighted by Gasteiger charge is -2.47. The van der Waals surface area contributed by atoms with Crippen LogP contribution in [-0.2, 0) is 35.5 Å². The fourth-order valence-corrected chi connectivity index (χ4v) is 10.2. The summed E-state index contributed by atoms with van der Waals surface area (Å²) in [6.07, 6.45) is 6.38. The minimum Gasteiger partial charge on any atom is -0.493 e. The van der Waals surface area contributed by atoms with E-state index in [2.05, 4.69) is 103 Å². The van der Waals surface area contributed by atoms with Crippen LogP contribution < -0.4 is 18.9 Å². The zero-order chi connectivity index (χ0) is 42.9. The molecular formula is C52H68N2O7. The maximum Gasteiger partial charge on any atom is 0.161 e. The van der Waals surface area contributed by atoms with Crippen LogP contribution in [0.3, 0.4) is 0 Å². The van der Waals surface area contributed by atoms with Crippen LogP contribution in [0.5, 0.6) is 23.0 Å². The summed E-state index contributed by atoms with van der Waals surface area (Å²) in [7, 11) is 6.81. The van der Waals surface area contributed by atoms with Gasteiger partial charge in [0.2, 0.25) is 0 Å². The Morgan fingerprint density at radius 3 is 1.51 bits per heavy atom. The average molecular weight is 833 g/mol. The zero-order valence-corrected chi connectivity index (χ0v) is 37.3. The van der Waals surface area contributed by atoms with Gasteiger partial charge in [-0.05, 0) is 115 Å². The number of benzene rings is 4. The van der Waals surface area contributed by atoms with Crippen LogP contribution in [0.2, 0.25) is 0 Å². The van der Waals surface area contributed by atoms with Crippen LogP contribution >= 0.6 is 0 Å². The summed E-state index contributed by atoms with van der Waals surface area (Å²) >= 11 is 0. The predicted molar refractivity (Wildman–Crippen MR) is 242 cm³/mol. The molecule has 4 heterocycles. The number of ether oxygens (including phenoxy) is 6. The third kappa shape index (κ3) is 10.8. The first-order valence-electron chi connectivity index (χ1n) is 22.3. The summed E-state index contributed by atoms with van der Waals surface area (Å²) in [4.78, 5) is 5.23. The van der Waals surface area contributed by atoms with Gasteiger partial charge in [-0.3, -0.25) is 9.80 Å². The van der Waals surface area contributed by atoms with Crippen LogP contribution in [0.25, 0.3) is 0 Å². The number of nitrogens with zero attached hydrogens (tertiary/aromatic N) is 2. The summed E-state index contributed by atoms with van der Waals surface area (Å²) in [6, 6.07) is 30.2. The van der Waals surface area contributed by atoms with Crippen molar-refractivity contribution in [1.82, 2.24) is 9.80 Å². The van der Waals surface area contributed by atoms with E-state index in [4.69, 9.17) is 28.4 Å². The highest BCUT2D eigenvalue weighted by molar-refractivity contribution is 5.51. The standard InChI is InChI=1S/C26H35NO4.C26H33NO3/c1-18(16-28)11-21-15-27-10-9-20-12-25(29-2)26(30-3)13-22(20)23(27)14-24(21)31-17-19-7-5-4-6-8-19;1-18(2)12-21-16-27-11-10-20-13-25(28-3)26(29-4)14-22(20)23(27)15-24(21)30-17-19-8-6-5-7-9-19/h4-8,12-13,18,21,23-24,28H,9-11,14-17H2,1-3H3;5-9,13-14,21,23-24H,1,10-12,15-17H2,2-4H3/t18?,21-,23-,24+;21-,23-,24+/m00/s1. The SMILES string of the molecule is C=C(C)C[C@H]1CN2CCc3cc(OC)c(OC)cc3[C@@H]2C[C@H]1OCc1ccccc1.COc1cc2c(cc1OC)[C@@H]1C[C@@H](OCc3ccccc3)[C@@H](CC(C)CO)CN1CC2. The Balaban J connectivity index is 0.000000184. The van der Waals surface area contributed by atoms with Crippen LogP contribution in [0.4, 0.5) is 0 Å². The normalized spacial score (nSPS) is 23.8. The van der Waals surface area contributed by atoms with E-state index in [-0.39, 0.29) is 24.7 Å². The molecule has 2 fully saturated rings. The quantitative estimate of drug-likeness (QED) is 0.118. The fraction of sp³-hybridized carbons (Fsp3) is 0.500. The molecule has 0 amide bonds. The average Bonchev–Trinajstić information content (AvgIpc) is 3.29. The molecule has 0 aromatic heterocycles. The van der Waals surface area contributed by atoms with E-state index in [0.29, 0.717) is 37.1 Å². The summed E-state index contributed by atoms with van der Waals surface area (Å²) in [5.74, 6) is 4.40. The fourth-order valence-electron chi connectivity index (χ4n) is 10.2. The summed E-state index contributed by atoms with van der Waals surface area (Å²) in [5.41, 5.74) is 9.08. The first-order chi connectivity index (χ1) is 29.7. The lowest BCUT2D eigenvalue weighted by molar-refractivity contribution is -0.0729. The minimum atomic E-state index is 0.162. The molecule has 8 rings (SSSR count). The van der Waals surface area contributed by atoms with Gasteiger partial charge in [-0.1, -0.05) is 73.2 Å². The Hall–Kier alpha value is -4.38. The zero-order valence-electron chi connectivity index (χ0n) is 37.3. The van der Waals surface area contributed by atoms with Gasteiger partial charge in [-0.2, -0.15) is 0 Å². The molecule has 0 aliphatic carbocycles. The van der Waals surface area contributed by atoms with E-state index in [0.717, 1.165) is 87.7 Å². The van der Waals surface area contributed by atoms with Crippen molar-refractivity contribution in [1.29, 1.82) is 0 Å².